The van der Waals surface area contributed by atoms with Crippen molar-refractivity contribution in [3.63, 3.8) is 0 Å². The quantitative estimate of drug-likeness (QED) is 0.746. The predicted molar refractivity (Wildman–Crippen MR) is 122 cm³/mol. The number of piperidine rings is 1. The zero-order chi connectivity index (χ0) is 22.7. The third kappa shape index (κ3) is 3.50. The number of anilines is 1. The number of ether oxygens (including phenoxy) is 2. The molecule has 4 heterocycles. The summed E-state index contributed by atoms with van der Waals surface area (Å²) in [4.78, 5) is 16.0. The van der Waals surface area contributed by atoms with E-state index in [1.165, 1.54) is 0 Å². The van der Waals surface area contributed by atoms with E-state index in [1.807, 2.05) is 30.3 Å². The van der Waals surface area contributed by atoms with Crippen LogP contribution in [0.3, 0.4) is 0 Å². The fraction of sp³-hybridized carbons (Fsp3) is 0.500. The van der Waals surface area contributed by atoms with E-state index >= 15 is 0 Å². The van der Waals surface area contributed by atoms with Gasteiger partial charge in [0.25, 0.3) is 0 Å². The predicted octanol–water partition coefficient (Wildman–Crippen LogP) is 2.87. The number of rotatable bonds is 4. The van der Waals surface area contributed by atoms with Crippen LogP contribution in [0, 0.1) is 0 Å². The highest BCUT2D eigenvalue weighted by Crippen LogP contribution is 2.48. The molecule has 174 valence electrons. The first-order valence-corrected chi connectivity index (χ1v) is 11.9. The molecule has 2 fully saturated rings. The van der Waals surface area contributed by atoms with Crippen LogP contribution in [-0.4, -0.2) is 53.0 Å². The van der Waals surface area contributed by atoms with Crippen molar-refractivity contribution in [3.05, 3.63) is 53.1 Å². The van der Waals surface area contributed by atoms with Gasteiger partial charge in [-0.05, 0) is 67.0 Å². The molecular formula is C26H30N2O5. The molecular weight excluding hydrogens is 420 g/mol. The topological polar surface area (TPSA) is 82.5 Å². The Morgan fingerprint density at radius 2 is 1.88 bits per heavy atom. The third-order valence-corrected chi connectivity index (χ3v) is 7.98. The Kier molecular flexibility index (Phi) is 4.90. The van der Waals surface area contributed by atoms with Crippen molar-refractivity contribution in [3.8, 4) is 11.5 Å². The molecule has 3 unspecified atom stereocenters. The van der Waals surface area contributed by atoms with Crippen LogP contribution >= 0.6 is 0 Å². The number of hydrogen-bond acceptors (Lipinski definition) is 6. The summed E-state index contributed by atoms with van der Waals surface area (Å²) in [6.07, 6.45) is 3.58. The number of aliphatic hydroxyl groups excluding tert-OH is 1. The van der Waals surface area contributed by atoms with Crippen molar-refractivity contribution in [1.29, 1.82) is 0 Å². The van der Waals surface area contributed by atoms with Crippen molar-refractivity contribution in [2.45, 2.75) is 62.8 Å². The minimum atomic E-state index is -0.891. The van der Waals surface area contributed by atoms with Crippen LogP contribution in [0.5, 0.6) is 11.5 Å². The first-order chi connectivity index (χ1) is 15.9. The number of carbonyl (C=O) groups excluding carboxylic acids is 1. The van der Waals surface area contributed by atoms with Gasteiger partial charge in [0.15, 0.2) is 11.5 Å². The second-order valence-electron chi connectivity index (χ2n) is 9.91. The lowest BCUT2D eigenvalue weighted by Gasteiger charge is -2.44. The molecule has 33 heavy (non-hydrogen) atoms. The lowest BCUT2D eigenvalue weighted by atomic mass is 9.80. The van der Waals surface area contributed by atoms with Gasteiger partial charge in [0.1, 0.15) is 0 Å². The number of hydrogen-bond donors (Lipinski definition) is 2. The van der Waals surface area contributed by atoms with Gasteiger partial charge in [0, 0.05) is 37.8 Å². The molecule has 6 rings (SSSR count). The summed E-state index contributed by atoms with van der Waals surface area (Å²) < 4.78 is 10.9. The maximum absolute atomic E-state index is 11.8. The maximum atomic E-state index is 11.8. The van der Waals surface area contributed by atoms with Crippen molar-refractivity contribution in [1.82, 2.24) is 4.90 Å². The molecule has 0 radical (unpaired) electrons. The monoisotopic (exact) mass is 450 g/mol. The van der Waals surface area contributed by atoms with Gasteiger partial charge in [-0.25, -0.2) is 0 Å². The van der Waals surface area contributed by atoms with Gasteiger partial charge in [-0.15, -0.1) is 0 Å². The van der Waals surface area contributed by atoms with Crippen molar-refractivity contribution >= 4 is 11.6 Å². The van der Waals surface area contributed by atoms with Crippen LogP contribution in [0.25, 0.3) is 0 Å². The molecule has 7 heteroatoms. The zero-order valence-electron chi connectivity index (χ0n) is 18.9. The summed E-state index contributed by atoms with van der Waals surface area (Å²) in [5.41, 5.74) is 2.98. The number of fused-ring (bicyclic) bond motifs is 4. The van der Waals surface area contributed by atoms with Crippen molar-refractivity contribution < 1.29 is 24.5 Å². The Morgan fingerprint density at radius 1 is 1.12 bits per heavy atom. The molecule has 7 nitrogen and oxygen atoms in total. The molecule has 4 aliphatic heterocycles. The van der Waals surface area contributed by atoms with Gasteiger partial charge < -0.3 is 24.6 Å². The van der Waals surface area contributed by atoms with E-state index in [1.54, 1.807) is 11.8 Å². The highest BCUT2D eigenvalue weighted by atomic mass is 16.7. The molecule has 0 aliphatic carbocycles. The molecule has 0 saturated carbocycles. The molecule has 0 aromatic heterocycles. The SMILES string of the molecule is CC(=O)N1CCc2cc(C(O)CN3C4CCC3CC(O)(c3ccc5c(c3)OCO5)C4)ccc21. The number of benzene rings is 2. The number of aliphatic hydroxyl groups is 2. The van der Waals surface area contributed by atoms with E-state index in [0.717, 1.165) is 47.4 Å². The lowest BCUT2D eigenvalue weighted by molar-refractivity contribution is -0.116. The van der Waals surface area contributed by atoms with Gasteiger partial charge in [-0.3, -0.25) is 9.69 Å². The lowest BCUT2D eigenvalue weighted by Crippen LogP contribution is -2.50. The van der Waals surface area contributed by atoms with Crippen LogP contribution in [0.15, 0.2) is 36.4 Å². The summed E-state index contributed by atoms with van der Waals surface area (Å²) in [6.45, 7) is 3.08. The average molecular weight is 451 g/mol. The van der Waals surface area contributed by atoms with Gasteiger partial charge in [0.05, 0.1) is 11.7 Å². The molecule has 4 aliphatic rings. The molecule has 1 amide bonds. The Morgan fingerprint density at radius 3 is 2.64 bits per heavy atom. The standard InChI is InChI=1S/C26H30N2O5/c1-16(29)27-9-8-17-10-18(2-6-22(17)27)23(30)14-28-20-4-5-21(28)13-26(31,12-20)19-3-7-24-25(11-19)33-15-32-24/h2-3,6-7,10-11,20-21,23,30-31H,4-5,8-9,12-15H2,1H3. The van der Waals surface area contributed by atoms with E-state index < -0.39 is 11.7 Å². The second-order valence-corrected chi connectivity index (χ2v) is 9.91. The van der Waals surface area contributed by atoms with Gasteiger partial charge >= 0.3 is 0 Å². The number of nitrogens with zero attached hydrogens (tertiary/aromatic N) is 2. The largest absolute Gasteiger partial charge is 0.454 e. The summed E-state index contributed by atoms with van der Waals surface area (Å²) >= 11 is 0. The molecule has 2 bridgehead atoms. The Labute approximate surface area is 193 Å². The first-order valence-electron chi connectivity index (χ1n) is 11.9. The first kappa shape index (κ1) is 21.0. The third-order valence-electron chi connectivity index (χ3n) is 7.98. The van der Waals surface area contributed by atoms with E-state index in [0.29, 0.717) is 31.7 Å². The van der Waals surface area contributed by atoms with Crippen LogP contribution in [0.4, 0.5) is 5.69 Å². The van der Waals surface area contributed by atoms with Crippen molar-refractivity contribution in [2.75, 3.05) is 24.8 Å². The minimum absolute atomic E-state index is 0.0573. The highest BCUT2D eigenvalue weighted by molar-refractivity contribution is 5.93. The number of carbonyl (C=O) groups is 1. The molecule has 2 aromatic rings. The smallest absolute Gasteiger partial charge is 0.231 e. The molecule has 2 saturated heterocycles. The molecule has 0 spiro atoms. The average Bonchev–Trinajstić information content (AvgIpc) is 3.49. The van der Waals surface area contributed by atoms with Crippen LogP contribution in [0.2, 0.25) is 0 Å². The minimum Gasteiger partial charge on any atom is -0.454 e. The fourth-order valence-corrected chi connectivity index (χ4v) is 6.30. The van der Waals surface area contributed by atoms with Gasteiger partial charge in [0.2, 0.25) is 12.7 Å². The summed E-state index contributed by atoms with van der Waals surface area (Å²) in [6, 6.07) is 12.2. The zero-order valence-corrected chi connectivity index (χ0v) is 18.9. The summed E-state index contributed by atoms with van der Waals surface area (Å²) in [5.74, 6) is 1.49. The number of amides is 1. The van der Waals surface area contributed by atoms with E-state index in [-0.39, 0.29) is 24.8 Å². The van der Waals surface area contributed by atoms with Crippen molar-refractivity contribution in [2.24, 2.45) is 0 Å². The fourth-order valence-electron chi connectivity index (χ4n) is 6.30. The second kappa shape index (κ2) is 7.72. The van der Waals surface area contributed by atoms with Crippen LogP contribution in [-0.2, 0) is 16.8 Å². The van der Waals surface area contributed by atoms with Gasteiger partial charge in [-0.2, -0.15) is 0 Å². The Balaban J connectivity index is 1.17. The van der Waals surface area contributed by atoms with E-state index in [2.05, 4.69) is 11.0 Å². The van der Waals surface area contributed by atoms with Crippen LogP contribution in [0.1, 0.15) is 55.4 Å². The molecule has 3 atom stereocenters. The normalized spacial score (nSPS) is 28.8. The Hall–Kier alpha value is -2.61. The maximum Gasteiger partial charge on any atom is 0.231 e. The van der Waals surface area contributed by atoms with E-state index in [4.69, 9.17) is 9.47 Å². The highest BCUT2D eigenvalue weighted by Gasteiger charge is 2.49. The summed E-state index contributed by atoms with van der Waals surface area (Å²) in [7, 11) is 0. The van der Waals surface area contributed by atoms with E-state index in [9.17, 15) is 15.0 Å². The summed E-state index contributed by atoms with van der Waals surface area (Å²) in [5, 5.41) is 22.7. The Bertz CT molecular complexity index is 1090. The van der Waals surface area contributed by atoms with Crippen LogP contribution < -0.4 is 14.4 Å². The molecule has 2 aromatic carbocycles. The van der Waals surface area contributed by atoms with Gasteiger partial charge in [-0.1, -0.05) is 18.2 Å². The molecule has 2 N–H and O–H groups in total.